The Morgan fingerprint density at radius 3 is 3.00 bits per heavy atom. The normalized spacial score (nSPS) is 28.8. The minimum atomic E-state index is -0.419. The third kappa shape index (κ3) is 3.09. The van der Waals surface area contributed by atoms with Crippen molar-refractivity contribution in [1.82, 2.24) is 10.1 Å². The second-order valence-corrected chi connectivity index (χ2v) is 5.73. The predicted molar refractivity (Wildman–Crippen MR) is 67.7 cm³/mol. The Labute approximate surface area is 108 Å². The van der Waals surface area contributed by atoms with E-state index in [1.54, 1.807) is 0 Å². The van der Waals surface area contributed by atoms with Crippen molar-refractivity contribution in [3.8, 4) is 0 Å². The fourth-order valence-corrected chi connectivity index (χ4v) is 2.55. The van der Waals surface area contributed by atoms with Crippen molar-refractivity contribution in [1.29, 1.82) is 0 Å². The molecule has 1 aromatic rings. The van der Waals surface area contributed by atoms with Gasteiger partial charge in [0.25, 0.3) is 5.89 Å². The summed E-state index contributed by atoms with van der Waals surface area (Å²) in [6.45, 7) is 6.54. The summed E-state index contributed by atoms with van der Waals surface area (Å²) in [6, 6.07) is 0. The van der Waals surface area contributed by atoms with E-state index in [1.807, 2.05) is 13.8 Å². The van der Waals surface area contributed by atoms with Crippen LogP contribution in [0.1, 0.15) is 58.2 Å². The fraction of sp³-hybridized carbons (Fsp3) is 0.846. The molecule has 1 heterocycles. The Morgan fingerprint density at radius 1 is 1.56 bits per heavy atom. The molecule has 2 N–H and O–H groups in total. The average molecular weight is 253 g/mol. The van der Waals surface area contributed by atoms with Crippen LogP contribution in [0.15, 0.2) is 4.52 Å². The lowest BCUT2D eigenvalue weighted by molar-refractivity contribution is 0.0485. The highest BCUT2D eigenvalue weighted by molar-refractivity contribution is 5.06. The van der Waals surface area contributed by atoms with E-state index < -0.39 is 5.54 Å². The zero-order chi connectivity index (χ0) is 13.2. The molecule has 1 fully saturated rings. The van der Waals surface area contributed by atoms with Gasteiger partial charge in [0.1, 0.15) is 6.61 Å². The number of aromatic nitrogens is 2. The van der Waals surface area contributed by atoms with Gasteiger partial charge >= 0.3 is 0 Å². The van der Waals surface area contributed by atoms with Gasteiger partial charge in [-0.25, -0.2) is 0 Å². The molecular weight excluding hydrogens is 230 g/mol. The summed E-state index contributed by atoms with van der Waals surface area (Å²) in [6.07, 6.45) is 4.38. The molecule has 1 aromatic heterocycles. The summed E-state index contributed by atoms with van der Waals surface area (Å²) in [4.78, 5) is 4.38. The van der Waals surface area contributed by atoms with E-state index in [2.05, 4.69) is 17.1 Å². The second-order valence-electron chi connectivity index (χ2n) is 5.73. The van der Waals surface area contributed by atoms with Crippen LogP contribution >= 0.6 is 0 Å². The zero-order valence-corrected chi connectivity index (χ0v) is 11.5. The largest absolute Gasteiger partial charge is 0.369 e. The van der Waals surface area contributed by atoms with Crippen molar-refractivity contribution < 1.29 is 9.26 Å². The van der Waals surface area contributed by atoms with Crippen molar-refractivity contribution in [2.24, 2.45) is 11.7 Å². The molecular formula is C13H23N3O2. The van der Waals surface area contributed by atoms with Crippen LogP contribution in [0.5, 0.6) is 0 Å². The summed E-state index contributed by atoms with van der Waals surface area (Å²) in [7, 11) is 0. The van der Waals surface area contributed by atoms with E-state index in [1.165, 1.54) is 6.42 Å². The van der Waals surface area contributed by atoms with Crippen molar-refractivity contribution >= 4 is 0 Å². The van der Waals surface area contributed by atoms with Gasteiger partial charge in [-0.15, -0.1) is 0 Å². The summed E-state index contributed by atoms with van der Waals surface area (Å²) < 4.78 is 10.6. The number of hydrogen-bond acceptors (Lipinski definition) is 5. The molecule has 18 heavy (non-hydrogen) atoms. The van der Waals surface area contributed by atoms with E-state index >= 15 is 0 Å². The highest BCUT2D eigenvalue weighted by Crippen LogP contribution is 2.36. The van der Waals surface area contributed by atoms with Crippen LogP contribution in [0.4, 0.5) is 0 Å². The smallest absolute Gasteiger partial charge is 0.252 e. The third-order valence-electron chi connectivity index (χ3n) is 3.49. The van der Waals surface area contributed by atoms with Crippen molar-refractivity contribution in [3.63, 3.8) is 0 Å². The molecule has 102 valence electrons. The van der Waals surface area contributed by atoms with Crippen LogP contribution in [0.2, 0.25) is 0 Å². The molecule has 0 aromatic carbocycles. The summed E-state index contributed by atoms with van der Waals surface area (Å²) in [5.74, 6) is 1.77. The van der Waals surface area contributed by atoms with Crippen LogP contribution in [-0.4, -0.2) is 16.2 Å². The average Bonchev–Trinajstić information content (AvgIpc) is 2.75. The van der Waals surface area contributed by atoms with Gasteiger partial charge in [-0.3, -0.25) is 0 Å². The highest BCUT2D eigenvalue weighted by Gasteiger charge is 2.36. The van der Waals surface area contributed by atoms with Crippen molar-refractivity contribution in [3.05, 3.63) is 11.7 Å². The minimum Gasteiger partial charge on any atom is -0.369 e. The SMILES string of the molecule is CC1CCCC(N)(c2noc(COC(C)C)n2)C1. The summed E-state index contributed by atoms with van der Waals surface area (Å²) in [5, 5.41) is 4.03. The number of nitrogens with two attached hydrogens (primary N) is 1. The first-order valence-corrected chi connectivity index (χ1v) is 6.73. The lowest BCUT2D eigenvalue weighted by Gasteiger charge is -2.33. The van der Waals surface area contributed by atoms with E-state index in [9.17, 15) is 0 Å². The molecule has 1 saturated carbocycles. The molecule has 1 aliphatic carbocycles. The van der Waals surface area contributed by atoms with E-state index in [-0.39, 0.29) is 6.10 Å². The van der Waals surface area contributed by atoms with Gasteiger partial charge in [-0.05, 0) is 32.6 Å². The molecule has 0 radical (unpaired) electrons. The molecule has 2 rings (SSSR count). The topological polar surface area (TPSA) is 74.2 Å². The molecule has 1 aliphatic rings. The molecule has 0 saturated heterocycles. The first-order valence-electron chi connectivity index (χ1n) is 6.73. The number of nitrogens with zero attached hydrogens (tertiary/aromatic N) is 2. The van der Waals surface area contributed by atoms with Gasteiger partial charge < -0.3 is 15.0 Å². The Bertz CT molecular complexity index is 391. The monoisotopic (exact) mass is 253 g/mol. The van der Waals surface area contributed by atoms with E-state index in [0.717, 1.165) is 19.3 Å². The van der Waals surface area contributed by atoms with Gasteiger partial charge in [0.2, 0.25) is 0 Å². The molecule has 0 bridgehead atoms. The minimum absolute atomic E-state index is 0.155. The second kappa shape index (κ2) is 5.36. The predicted octanol–water partition coefficient (Wildman–Crippen LogP) is 2.36. The van der Waals surface area contributed by atoms with Crippen LogP contribution in [0, 0.1) is 5.92 Å². The first-order chi connectivity index (χ1) is 8.49. The Kier molecular flexibility index (Phi) is 4.02. The first kappa shape index (κ1) is 13.5. The standard InChI is InChI=1S/C13H23N3O2/c1-9(2)17-8-11-15-12(16-18-11)13(14)6-4-5-10(3)7-13/h9-10H,4-8,14H2,1-3H3. The maximum Gasteiger partial charge on any atom is 0.252 e. The summed E-state index contributed by atoms with van der Waals surface area (Å²) in [5.41, 5.74) is 5.99. The maximum atomic E-state index is 6.41. The van der Waals surface area contributed by atoms with Gasteiger partial charge in [0.15, 0.2) is 5.82 Å². The van der Waals surface area contributed by atoms with E-state index in [4.69, 9.17) is 15.0 Å². The highest BCUT2D eigenvalue weighted by atomic mass is 16.5. The van der Waals surface area contributed by atoms with Gasteiger partial charge in [-0.1, -0.05) is 24.9 Å². The lowest BCUT2D eigenvalue weighted by atomic mass is 9.76. The van der Waals surface area contributed by atoms with Crippen LogP contribution < -0.4 is 5.73 Å². The van der Waals surface area contributed by atoms with Crippen molar-refractivity contribution in [2.75, 3.05) is 0 Å². The van der Waals surface area contributed by atoms with Crippen molar-refractivity contribution in [2.45, 2.75) is 64.7 Å². The van der Waals surface area contributed by atoms with Crippen LogP contribution in [0.25, 0.3) is 0 Å². The number of hydrogen-bond donors (Lipinski definition) is 1. The molecule has 0 amide bonds. The Hall–Kier alpha value is -0.940. The number of rotatable bonds is 4. The quantitative estimate of drug-likeness (QED) is 0.891. The van der Waals surface area contributed by atoms with Gasteiger partial charge in [-0.2, -0.15) is 4.98 Å². The van der Waals surface area contributed by atoms with Crippen LogP contribution in [0.3, 0.4) is 0 Å². The van der Waals surface area contributed by atoms with E-state index in [0.29, 0.717) is 24.2 Å². The third-order valence-corrected chi connectivity index (χ3v) is 3.49. The van der Waals surface area contributed by atoms with Gasteiger partial charge in [0, 0.05) is 0 Å². The number of ether oxygens (including phenoxy) is 1. The lowest BCUT2D eigenvalue weighted by Crippen LogP contribution is -2.42. The van der Waals surface area contributed by atoms with Crippen LogP contribution in [-0.2, 0) is 16.9 Å². The molecule has 0 spiro atoms. The Balaban J connectivity index is 2.04. The summed E-state index contributed by atoms with van der Waals surface area (Å²) >= 11 is 0. The van der Waals surface area contributed by atoms with Gasteiger partial charge in [0.05, 0.1) is 11.6 Å². The molecule has 2 atom stereocenters. The molecule has 5 heteroatoms. The molecule has 2 unspecified atom stereocenters. The zero-order valence-electron chi connectivity index (χ0n) is 11.5. The molecule has 5 nitrogen and oxygen atoms in total. The fourth-order valence-electron chi connectivity index (χ4n) is 2.55. The molecule has 0 aliphatic heterocycles. The maximum absolute atomic E-state index is 6.41. The Morgan fingerprint density at radius 2 is 2.33 bits per heavy atom.